The van der Waals surface area contributed by atoms with Gasteiger partial charge in [-0.15, -0.1) is 0 Å². The Morgan fingerprint density at radius 2 is 1.82 bits per heavy atom. The van der Waals surface area contributed by atoms with E-state index in [2.05, 4.69) is 78.0 Å². The molecule has 2 unspecified atom stereocenters. The number of nitrogens with zero attached hydrogens (tertiary/aromatic N) is 4. The Kier molecular flexibility index (Phi) is 8.83. The molecule has 40 heavy (non-hydrogen) atoms. The van der Waals surface area contributed by atoms with Crippen LogP contribution in [0.1, 0.15) is 64.0 Å². The molecule has 9 heteroatoms. The van der Waals surface area contributed by atoms with Crippen molar-refractivity contribution in [2.75, 3.05) is 31.4 Å². The first-order valence-corrected chi connectivity index (χ1v) is 14.5. The average Bonchev–Trinajstić information content (AvgIpc) is 3.49. The molecule has 3 aromatic heterocycles. The highest BCUT2D eigenvalue weighted by atomic mass is 16.6. The number of hydrogen-bond donors (Lipinski definition) is 4. The predicted octanol–water partition coefficient (Wildman–Crippen LogP) is 5.68. The van der Waals surface area contributed by atoms with Gasteiger partial charge < -0.3 is 25.2 Å². The minimum Gasteiger partial charge on any atom is -0.370 e. The van der Waals surface area contributed by atoms with E-state index in [0.717, 1.165) is 53.0 Å². The van der Waals surface area contributed by atoms with Gasteiger partial charge in [-0.2, -0.15) is 0 Å². The molecule has 0 amide bonds. The molecule has 0 aliphatic heterocycles. The van der Waals surface area contributed by atoms with E-state index >= 15 is 0 Å². The first-order chi connectivity index (χ1) is 19.3. The molecule has 2 saturated carbocycles. The third kappa shape index (κ3) is 7.27. The zero-order valence-corrected chi connectivity index (χ0v) is 24.2. The zero-order valence-electron chi connectivity index (χ0n) is 24.2. The number of benzene rings is 1. The number of aromatic nitrogens is 4. The number of pyridine rings is 1. The van der Waals surface area contributed by atoms with Gasteiger partial charge in [-0.3, -0.25) is 0 Å². The molecule has 9 nitrogen and oxygen atoms in total. The molecule has 2 aliphatic carbocycles. The molecule has 2 aliphatic rings. The molecule has 3 heterocycles. The van der Waals surface area contributed by atoms with Crippen LogP contribution in [0.25, 0.3) is 21.9 Å². The van der Waals surface area contributed by atoms with E-state index in [4.69, 9.17) is 10.1 Å². The third-order valence-corrected chi connectivity index (χ3v) is 8.03. The SMILES string of the molecule is CNNc1ncnc2c1ccn2C1CCC(CCc2ccc3ccc(NCC4CC4)nc3c2)C1.COC(C)(C)O. The number of anilines is 2. The molecule has 4 aromatic rings. The van der Waals surface area contributed by atoms with Crippen LogP contribution in [0.15, 0.2) is 48.9 Å². The fourth-order valence-corrected chi connectivity index (χ4v) is 5.41. The van der Waals surface area contributed by atoms with Crippen molar-refractivity contribution in [3.63, 3.8) is 0 Å². The monoisotopic (exact) mass is 545 g/mol. The number of hydrogen-bond acceptors (Lipinski definition) is 8. The van der Waals surface area contributed by atoms with Crippen molar-refractivity contribution >= 4 is 33.6 Å². The van der Waals surface area contributed by atoms with Crippen molar-refractivity contribution < 1.29 is 9.84 Å². The minimum absolute atomic E-state index is 0.512. The van der Waals surface area contributed by atoms with E-state index in [1.54, 1.807) is 20.2 Å². The van der Waals surface area contributed by atoms with Crippen molar-refractivity contribution in [3.8, 4) is 0 Å². The van der Waals surface area contributed by atoms with Gasteiger partial charge in [0.2, 0.25) is 0 Å². The van der Waals surface area contributed by atoms with Crippen LogP contribution in [0.4, 0.5) is 11.6 Å². The highest BCUT2D eigenvalue weighted by molar-refractivity contribution is 5.87. The summed E-state index contributed by atoms with van der Waals surface area (Å²) in [6.07, 6.45) is 12.6. The van der Waals surface area contributed by atoms with Gasteiger partial charge in [0.15, 0.2) is 11.6 Å². The van der Waals surface area contributed by atoms with Crippen molar-refractivity contribution in [3.05, 3.63) is 54.5 Å². The maximum Gasteiger partial charge on any atom is 0.159 e. The van der Waals surface area contributed by atoms with Crippen molar-refractivity contribution in [2.45, 2.75) is 70.6 Å². The van der Waals surface area contributed by atoms with E-state index in [1.165, 1.54) is 56.6 Å². The lowest BCUT2D eigenvalue weighted by atomic mass is 9.97. The Bertz CT molecular complexity index is 1410. The highest BCUT2D eigenvalue weighted by Crippen LogP contribution is 2.39. The third-order valence-electron chi connectivity index (χ3n) is 8.03. The minimum atomic E-state index is -0.958. The summed E-state index contributed by atoms with van der Waals surface area (Å²) >= 11 is 0. The standard InChI is InChI=1S/C27H33N7.C4H10O2/c1-28-33-26-23-12-13-34(27(23)31-17-30-26)22-10-7-18(14-22)2-3-19-6-8-21-9-11-25(32-24(21)15-19)29-16-20-4-5-20;1-4(2,5)6-3/h6,8-9,11-13,15,17-18,20,22,28H,2-5,7,10,14,16H2,1H3,(H,29,32)(H,30,31,33);5H,1-3H3. The zero-order chi connectivity index (χ0) is 28.1. The molecule has 6 rings (SSSR count). The molecule has 0 saturated heterocycles. The first kappa shape index (κ1) is 28.3. The summed E-state index contributed by atoms with van der Waals surface area (Å²) in [5.74, 6) is 2.47. The van der Waals surface area contributed by atoms with Crippen LogP contribution in [0.2, 0.25) is 0 Å². The molecule has 1 aromatic carbocycles. The Hall–Kier alpha value is -3.27. The Morgan fingerprint density at radius 3 is 2.58 bits per heavy atom. The molecular formula is C31H43N7O2. The predicted molar refractivity (Wildman–Crippen MR) is 161 cm³/mol. The summed E-state index contributed by atoms with van der Waals surface area (Å²) in [6, 6.07) is 13.7. The summed E-state index contributed by atoms with van der Waals surface area (Å²) in [4.78, 5) is 13.8. The maximum absolute atomic E-state index is 8.60. The summed E-state index contributed by atoms with van der Waals surface area (Å²) < 4.78 is 6.85. The van der Waals surface area contributed by atoms with Gasteiger partial charge in [0.25, 0.3) is 0 Å². The highest BCUT2D eigenvalue weighted by Gasteiger charge is 2.27. The van der Waals surface area contributed by atoms with Gasteiger partial charge in [-0.25, -0.2) is 20.4 Å². The smallest absolute Gasteiger partial charge is 0.159 e. The summed E-state index contributed by atoms with van der Waals surface area (Å²) in [6.45, 7) is 4.21. The topological polar surface area (TPSA) is 109 Å². The van der Waals surface area contributed by atoms with Gasteiger partial charge in [0, 0.05) is 38.3 Å². The van der Waals surface area contributed by atoms with Crippen LogP contribution in [-0.4, -0.2) is 51.1 Å². The summed E-state index contributed by atoms with van der Waals surface area (Å²) in [5.41, 5.74) is 9.59. The van der Waals surface area contributed by atoms with Crippen molar-refractivity contribution in [2.24, 2.45) is 11.8 Å². The van der Waals surface area contributed by atoms with Gasteiger partial charge in [-0.05, 0) is 100 Å². The number of fused-ring (bicyclic) bond motifs is 2. The Morgan fingerprint density at radius 1 is 1.05 bits per heavy atom. The van der Waals surface area contributed by atoms with E-state index in [-0.39, 0.29) is 0 Å². The molecule has 4 N–H and O–H groups in total. The quantitative estimate of drug-likeness (QED) is 0.149. The Labute approximate surface area is 236 Å². The van der Waals surface area contributed by atoms with Crippen LogP contribution in [0.3, 0.4) is 0 Å². The number of rotatable bonds is 10. The maximum atomic E-state index is 8.60. The molecule has 2 fully saturated rings. The lowest BCUT2D eigenvalue weighted by molar-refractivity contribution is -0.155. The molecule has 0 spiro atoms. The number of hydrazine groups is 1. The number of nitrogens with one attached hydrogen (secondary N) is 3. The van der Waals surface area contributed by atoms with Gasteiger partial charge in [-0.1, -0.05) is 12.1 Å². The number of aliphatic hydroxyl groups is 1. The first-order valence-electron chi connectivity index (χ1n) is 14.5. The summed E-state index contributed by atoms with van der Waals surface area (Å²) in [7, 11) is 3.31. The van der Waals surface area contributed by atoms with E-state index < -0.39 is 5.79 Å². The second-order valence-corrected chi connectivity index (χ2v) is 11.6. The molecule has 214 valence electrons. The van der Waals surface area contributed by atoms with Gasteiger partial charge in [0.05, 0.1) is 10.9 Å². The van der Waals surface area contributed by atoms with Gasteiger partial charge >= 0.3 is 0 Å². The molecular weight excluding hydrogens is 502 g/mol. The van der Waals surface area contributed by atoms with E-state index in [0.29, 0.717) is 6.04 Å². The van der Waals surface area contributed by atoms with Crippen molar-refractivity contribution in [1.29, 1.82) is 0 Å². The van der Waals surface area contributed by atoms with Crippen molar-refractivity contribution in [1.82, 2.24) is 24.9 Å². The largest absolute Gasteiger partial charge is 0.370 e. The summed E-state index contributed by atoms with van der Waals surface area (Å²) in [5, 5.41) is 14.4. The molecule has 2 atom stereocenters. The lowest BCUT2D eigenvalue weighted by Crippen LogP contribution is -2.20. The average molecular weight is 546 g/mol. The second kappa shape index (κ2) is 12.5. The van der Waals surface area contributed by atoms with Crippen LogP contribution in [0.5, 0.6) is 0 Å². The fraction of sp³-hybridized carbons (Fsp3) is 0.516. The Balaban J connectivity index is 0.000000487. The van der Waals surface area contributed by atoms with Crippen LogP contribution in [0, 0.1) is 11.8 Å². The number of ether oxygens (including phenoxy) is 1. The molecule has 0 bridgehead atoms. The van der Waals surface area contributed by atoms with E-state index in [9.17, 15) is 0 Å². The fourth-order valence-electron chi connectivity index (χ4n) is 5.41. The van der Waals surface area contributed by atoms with Crippen LogP contribution < -0.4 is 16.2 Å². The van der Waals surface area contributed by atoms with E-state index in [1.807, 2.05) is 7.05 Å². The second-order valence-electron chi connectivity index (χ2n) is 11.6. The van der Waals surface area contributed by atoms with Crippen LogP contribution in [-0.2, 0) is 11.2 Å². The normalized spacial score (nSPS) is 19.0. The molecule has 0 radical (unpaired) electrons. The van der Waals surface area contributed by atoms with Gasteiger partial charge in [0.1, 0.15) is 17.8 Å². The number of methoxy groups -OCH3 is 1. The number of aryl methyl sites for hydroxylation is 1. The lowest BCUT2D eigenvalue weighted by Gasteiger charge is -2.15. The van der Waals surface area contributed by atoms with Crippen LogP contribution >= 0.6 is 0 Å².